The third-order valence-electron chi connectivity index (χ3n) is 6.05. The molecule has 1 aliphatic carbocycles. The smallest absolute Gasteiger partial charge is 0.174 e. The number of aromatic nitrogens is 2. The highest BCUT2D eigenvalue weighted by molar-refractivity contribution is 7.80. The van der Waals surface area contributed by atoms with Crippen molar-refractivity contribution in [2.45, 2.75) is 43.8 Å². The van der Waals surface area contributed by atoms with E-state index in [4.69, 9.17) is 12.2 Å². The molecule has 1 saturated carbocycles. The Balaban J connectivity index is 1.56. The minimum absolute atomic E-state index is 0.00963. The lowest BCUT2D eigenvalue weighted by molar-refractivity contribution is 0.475. The number of hydrogen-bond acceptors (Lipinski definition) is 3. The van der Waals surface area contributed by atoms with E-state index in [1.165, 1.54) is 31.2 Å². The van der Waals surface area contributed by atoms with Crippen molar-refractivity contribution in [2.75, 3.05) is 4.90 Å². The summed E-state index contributed by atoms with van der Waals surface area (Å²) in [5.74, 6) is 0.247. The molecule has 6 heteroatoms. The Bertz CT molecular complexity index is 995. The molecule has 2 aliphatic rings. The summed E-state index contributed by atoms with van der Waals surface area (Å²) >= 11 is 5.74. The number of phenolic OH excluding ortho intramolecular Hbond substituents is 1. The largest absolute Gasteiger partial charge is 0.508 e. The Morgan fingerprint density at radius 3 is 2.55 bits per heavy atom. The Labute approximate surface area is 176 Å². The number of anilines is 1. The molecule has 0 radical (unpaired) electrons. The van der Waals surface area contributed by atoms with Crippen molar-refractivity contribution in [1.82, 2.24) is 14.9 Å². The molecule has 29 heavy (non-hydrogen) atoms. The molecular weight excluding hydrogens is 380 g/mol. The number of aromatic hydroxyl groups is 1. The molecular formula is C23H24N4OS. The van der Waals surface area contributed by atoms with Gasteiger partial charge in [0.2, 0.25) is 0 Å². The summed E-state index contributed by atoms with van der Waals surface area (Å²) in [4.78, 5) is 6.74. The van der Waals surface area contributed by atoms with Gasteiger partial charge in [-0.05, 0) is 73.1 Å². The van der Waals surface area contributed by atoms with E-state index in [9.17, 15) is 5.11 Å². The number of thiocarbonyl (C=S) groups is 1. The van der Waals surface area contributed by atoms with Gasteiger partial charge in [-0.3, -0.25) is 4.98 Å². The second kappa shape index (κ2) is 7.52. The van der Waals surface area contributed by atoms with Gasteiger partial charge in [-0.1, -0.05) is 18.9 Å². The van der Waals surface area contributed by atoms with E-state index < -0.39 is 0 Å². The lowest BCUT2D eigenvalue weighted by Gasteiger charge is -2.27. The van der Waals surface area contributed by atoms with E-state index in [0.717, 1.165) is 11.4 Å². The minimum atomic E-state index is -0.0445. The topological polar surface area (TPSA) is 53.3 Å². The third-order valence-corrected chi connectivity index (χ3v) is 6.37. The van der Waals surface area contributed by atoms with Gasteiger partial charge in [0.15, 0.2) is 5.11 Å². The van der Waals surface area contributed by atoms with Crippen molar-refractivity contribution >= 4 is 23.0 Å². The normalized spacial score (nSPS) is 22.2. The van der Waals surface area contributed by atoms with E-state index in [0.29, 0.717) is 11.2 Å². The maximum absolute atomic E-state index is 9.72. The lowest BCUT2D eigenvalue weighted by Crippen LogP contribution is -2.29. The van der Waals surface area contributed by atoms with Gasteiger partial charge in [-0.15, -0.1) is 0 Å². The summed E-state index contributed by atoms with van der Waals surface area (Å²) in [6.45, 7) is 0. The zero-order chi connectivity index (χ0) is 19.8. The predicted molar refractivity (Wildman–Crippen MR) is 118 cm³/mol. The molecule has 1 aromatic carbocycles. The predicted octanol–water partition coefficient (Wildman–Crippen LogP) is 4.88. The molecule has 2 aromatic heterocycles. The maximum atomic E-state index is 9.72. The van der Waals surface area contributed by atoms with Crippen molar-refractivity contribution in [1.29, 1.82) is 0 Å². The first-order valence-corrected chi connectivity index (χ1v) is 10.6. The molecule has 2 N–H and O–H groups in total. The van der Waals surface area contributed by atoms with Crippen molar-refractivity contribution in [3.63, 3.8) is 0 Å². The van der Waals surface area contributed by atoms with Crippen molar-refractivity contribution in [3.05, 3.63) is 78.4 Å². The van der Waals surface area contributed by atoms with Crippen LogP contribution in [-0.4, -0.2) is 19.8 Å². The molecule has 1 saturated heterocycles. The van der Waals surface area contributed by atoms with E-state index in [1.54, 1.807) is 12.1 Å². The van der Waals surface area contributed by atoms with Gasteiger partial charge in [0, 0.05) is 30.3 Å². The van der Waals surface area contributed by atoms with Crippen LogP contribution in [-0.2, 0) is 0 Å². The highest BCUT2D eigenvalue weighted by Crippen LogP contribution is 2.42. The van der Waals surface area contributed by atoms with E-state index in [-0.39, 0.29) is 17.8 Å². The fraction of sp³-hybridized carbons (Fsp3) is 0.304. The fourth-order valence-corrected chi connectivity index (χ4v) is 4.97. The SMILES string of the molecule is Oc1ccc(N2C(=S)NC(c3ccccn3)C2c2ccn(C3CCCC3)c2)cc1. The van der Waals surface area contributed by atoms with Gasteiger partial charge in [0.25, 0.3) is 0 Å². The van der Waals surface area contributed by atoms with E-state index >= 15 is 0 Å². The Hall–Kier alpha value is -2.86. The van der Waals surface area contributed by atoms with Gasteiger partial charge < -0.3 is 19.9 Å². The molecule has 3 heterocycles. The summed E-state index contributed by atoms with van der Waals surface area (Å²) < 4.78 is 2.37. The molecule has 1 aliphatic heterocycles. The van der Waals surface area contributed by atoms with Crippen LogP contribution in [0.25, 0.3) is 0 Å². The van der Waals surface area contributed by atoms with Crippen LogP contribution in [0.4, 0.5) is 5.69 Å². The zero-order valence-electron chi connectivity index (χ0n) is 16.1. The second-order valence-electron chi connectivity index (χ2n) is 7.84. The van der Waals surface area contributed by atoms with Gasteiger partial charge in [0.05, 0.1) is 17.8 Å². The molecule has 3 aromatic rings. The molecule has 0 bridgehead atoms. The van der Waals surface area contributed by atoms with Crippen LogP contribution in [0, 0.1) is 0 Å². The number of phenols is 1. The number of pyridine rings is 1. The van der Waals surface area contributed by atoms with E-state index in [2.05, 4.69) is 38.2 Å². The number of hydrogen-bond donors (Lipinski definition) is 2. The van der Waals surface area contributed by atoms with Crippen molar-refractivity contribution < 1.29 is 5.11 Å². The van der Waals surface area contributed by atoms with Crippen LogP contribution in [0.5, 0.6) is 5.75 Å². The second-order valence-corrected chi connectivity index (χ2v) is 8.23. The first-order valence-electron chi connectivity index (χ1n) is 10.2. The molecule has 0 amide bonds. The van der Waals surface area contributed by atoms with Gasteiger partial charge in [-0.25, -0.2) is 0 Å². The summed E-state index contributed by atoms with van der Waals surface area (Å²) in [6.07, 6.45) is 11.4. The van der Waals surface area contributed by atoms with Crippen LogP contribution in [0.15, 0.2) is 67.1 Å². The first kappa shape index (κ1) is 18.2. The van der Waals surface area contributed by atoms with Gasteiger partial charge in [0.1, 0.15) is 5.75 Å². The Morgan fingerprint density at radius 2 is 1.83 bits per heavy atom. The minimum Gasteiger partial charge on any atom is -0.508 e. The lowest BCUT2D eigenvalue weighted by atomic mass is 9.98. The van der Waals surface area contributed by atoms with Crippen LogP contribution in [0.1, 0.15) is 55.1 Å². The molecule has 0 spiro atoms. The first-order chi connectivity index (χ1) is 14.2. The van der Waals surface area contributed by atoms with E-state index in [1.807, 2.05) is 36.5 Å². The summed E-state index contributed by atoms with van der Waals surface area (Å²) in [5.41, 5.74) is 3.14. The molecule has 5 nitrogen and oxygen atoms in total. The number of rotatable bonds is 4. The molecule has 5 rings (SSSR count). The quantitative estimate of drug-likeness (QED) is 0.607. The Kier molecular flexibility index (Phi) is 4.72. The summed E-state index contributed by atoms with van der Waals surface area (Å²) in [6, 6.07) is 16.0. The van der Waals surface area contributed by atoms with Crippen LogP contribution in [0.2, 0.25) is 0 Å². The monoisotopic (exact) mass is 404 g/mol. The van der Waals surface area contributed by atoms with Crippen LogP contribution >= 0.6 is 12.2 Å². The highest BCUT2D eigenvalue weighted by Gasteiger charge is 2.41. The fourth-order valence-electron chi connectivity index (χ4n) is 4.62. The number of nitrogens with zero attached hydrogens (tertiary/aromatic N) is 3. The van der Waals surface area contributed by atoms with Crippen molar-refractivity contribution in [3.8, 4) is 5.75 Å². The number of benzene rings is 1. The maximum Gasteiger partial charge on any atom is 0.174 e. The zero-order valence-corrected chi connectivity index (χ0v) is 16.9. The molecule has 2 fully saturated rings. The van der Waals surface area contributed by atoms with Gasteiger partial charge in [-0.2, -0.15) is 0 Å². The summed E-state index contributed by atoms with van der Waals surface area (Å²) in [5, 5.41) is 13.9. The van der Waals surface area contributed by atoms with Gasteiger partial charge >= 0.3 is 0 Å². The highest BCUT2D eigenvalue weighted by atomic mass is 32.1. The average molecular weight is 405 g/mol. The Morgan fingerprint density at radius 1 is 1.03 bits per heavy atom. The molecule has 148 valence electrons. The molecule has 2 unspecified atom stereocenters. The molecule has 2 atom stereocenters. The van der Waals surface area contributed by atoms with Crippen LogP contribution in [0.3, 0.4) is 0 Å². The standard InChI is InChI=1S/C23H24N4OS/c28-19-10-8-18(9-11-19)27-22(16-12-14-26(15-16)17-5-1-2-6-17)21(25-23(27)29)20-7-3-4-13-24-20/h3-4,7-15,17,21-22,28H,1-2,5-6H2,(H,25,29). The van der Waals surface area contributed by atoms with Crippen LogP contribution < -0.4 is 10.2 Å². The third kappa shape index (κ3) is 3.38. The number of nitrogens with one attached hydrogen (secondary N) is 1. The van der Waals surface area contributed by atoms with Crippen molar-refractivity contribution in [2.24, 2.45) is 0 Å². The average Bonchev–Trinajstić information content (AvgIpc) is 3.49. The summed E-state index contributed by atoms with van der Waals surface area (Å²) in [7, 11) is 0.